The standard InChI is InChI=1S/C14H29N3O/c1-4-7-14(8-5-9-15-12-14)13(18)16-10-6-11-17(2)3/h15H,4-12H2,1-3H3,(H,16,18). The van der Waals surface area contributed by atoms with Crippen molar-refractivity contribution in [2.45, 2.75) is 39.0 Å². The molecule has 0 saturated carbocycles. The highest BCUT2D eigenvalue weighted by atomic mass is 16.2. The first kappa shape index (κ1) is 15.4. The van der Waals surface area contributed by atoms with Gasteiger partial charge in [-0.2, -0.15) is 0 Å². The van der Waals surface area contributed by atoms with Crippen molar-refractivity contribution < 1.29 is 4.79 Å². The maximum absolute atomic E-state index is 12.4. The number of carbonyl (C=O) groups excluding carboxylic acids is 1. The molecule has 4 heteroatoms. The molecular weight excluding hydrogens is 226 g/mol. The van der Waals surface area contributed by atoms with E-state index in [1.54, 1.807) is 0 Å². The lowest BCUT2D eigenvalue weighted by atomic mass is 9.76. The van der Waals surface area contributed by atoms with E-state index in [2.05, 4.69) is 36.6 Å². The van der Waals surface area contributed by atoms with Gasteiger partial charge in [0, 0.05) is 13.1 Å². The first-order valence-electron chi connectivity index (χ1n) is 7.24. The van der Waals surface area contributed by atoms with E-state index in [0.717, 1.165) is 58.3 Å². The predicted molar refractivity (Wildman–Crippen MR) is 75.6 cm³/mol. The van der Waals surface area contributed by atoms with Crippen LogP contribution in [0.2, 0.25) is 0 Å². The molecule has 2 N–H and O–H groups in total. The molecule has 18 heavy (non-hydrogen) atoms. The molecule has 0 bridgehead atoms. The van der Waals surface area contributed by atoms with Gasteiger partial charge < -0.3 is 15.5 Å². The number of amides is 1. The summed E-state index contributed by atoms with van der Waals surface area (Å²) in [4.78, 5) is 14.5. The summed E-state index contributed by atoms with van der Waals surface area (Å²) in [6.07, 6.45) is 5.25. The molecule has 1 saturated heterocycles. The molecule has 0 spiro atoms. The fraction of sp³-hybridized carbons (Fsp3) is 0.929. The van der Waals surface area contributed by atoms with Gasteiger partial charge in [-0.1, -0.05) is 13.3 Å². The van der Waals surface area contributed by atoms with Crippen LogP contribution in [0.3, 0.4) is 0 Å². The van der Waals surface area contributed by atoms with Gasteiger partial charge in [-0.3, -0.25) is 4.79 Å². The molecule has 1 amide bonds. The van der Waals surface area contributed by atoms with Crippen LogP contribution in [0.5, 0.6) is 0 Å². The van der Waals surface area contributed by atoms with Crippen LogP contribution in [0.1, 0.15) is 39.0 Å². The highest BCUT2D eigenvalue weighted by Gasteiger charge is 2.38. The molecule has 1 aliphatic heterocycles. The van der Waals surface area contributed by atoms with Crippen molar-refractivity contribution in [2.24, 2.45) is 5.41 Å². The van der Waals surface area contributed by atoms with Gasteiger partial charge in [0.1, 0.15) is 0 Å². The number of nitrogens with zero attached hydrogens (tertiary/aromatic N) is 1. The van der Waals surface area contributed by atoms with Crippen molar-refractivity contribution >= 4 is 5.91 Å². The second kappa shape index (κ2) is 7.74. The van der Waals surface area contributed by atoms with Gasteiger partial charge in [0.2, 0.25) is 5.91 Å². The van der Waals surface area contributed by atoms with Crippen molar-refractivity contribution in [2.75, 3.05) is 40.3 Å². The van der Waals surface area contributed by atoms with E-state index in [-0.39, 0.29) is 11.3 Å². The van der Waals surface area contributed by atoms with Crippen LogP contribution in [0.4, 0.5) is 0 Å². The zero-order valence-corrected chi connectivity index (χ0v) is 12.2. The van der Waals surface area contributed by atoms with Crippen molar-refractivity contribution in [3.63, 3.8) is 0 Å². The lowest BCUT2D eigenvalue weighted by Gasteiger charge is -2.36. The first-order chi connectivity index (χ1) is 8.60. The molecule has 1 rings (SSSR count). The monoisotopic (exact) mass is 255 g/mol. The first-order valence-corrected chi connectivity index (χ1v) is 7.24. The number of rotatable bonds is 7. The lowest BCUT2D eigenvalue weighted by Crippen LogP contribution is -2.50. The second-order valence-corrected chi connectivity index (χ2v) is 5.72. The molecule has 1 heterocycles. The highest BCUT2D eigenvalue weighted by molar-refractivity contribution is 5.83. The van der Waals surface area contributed by atoms with E-state index in [1.165, 1.54) is 0 Å². The van der Waals surface area contributed by atoms with Gasteiger partial charge in [-0.25, -0.2) is 0 Å². The Balaban J connectivity index is 2.39. The van der Waals surface area contributed by atoms with E-state index in [0.29, 0.717) is 0 Å². The molecule has 0 aromatic carbocycles. The Morgan fingerprint density at radius 2 is 2.22 bits per heavy atom. The Morgan fingerprint density at radius 1 is 1.44 bits per heavy atom. The van der Waals surface area contributed by atoms with E-state index in [1.807, 2.05) is 0 Å². The summed E-state index contributed by atoms with van der Waals surface area (Å²) in [5.41, 5.74) is -0.148. The quantitative estimate of drug-likeness (QED) is 0.672. The summed E-state index contributed by atoms with van der Waals surface area (Å²) >= 11 is 0. The molecule has 0 radical (unpaired) electrons. The van der Waals surface area contributed by atoms with Gasteiger partial charge in [0.25, 0.3) is 0 Å². The van der Waals surface area contributed by atoms with Crippen LogP contribution in [-0.2, 0) is 4.79 Å². The number of nitrogens with one attached hydrogen (secondary N) is 2. The molecule has 1 unspecified atom stereocenters. The Bertz CT molecular complexity index is 242. The Morgan fingerprint density at radius 3 is 2.78 bits per heavy atom. The van der Waals surface area contributed by atoms with Crippen LogP contribution in [-0.4, -0.2) is 51.1 Å². The summed E-state index contributed by atoms with van der Waals surface area (Å²) in [7, 11) is 4.12. The molecule has 106 valence electrons. The highest BCUT2D eigenvalue weighted by Crippen LogP contribution is 2.31. The van der Waals surface area contributed by atoms with E-state index < -0.39 is 0 Å². The second-order valence-electron chi connectivity index (χ2n) is 5.72. The fourth-order valence-electron chi connectivity index (χ4n) is 2.75. The summed E-state index contributed by atoms with van der Waals surface area (Å²) in [5, 5.41) is 6.51. The topological polar surface area (TPSA) is 44.4 Å². The third-order valence-corrected chi connectivity index (χ3v) is 3.75. The van der Waals surface area contributed by atoms with Crippen molar-refractivity contribution in [1.29, 1.82) is 0 Å². The molecule has 4 nitrogen and oxygen atoms in total. The van der Waals surface area contributed by atoms with Gasteiger partial charge >= 0.3 is 0 Å². The average Bonchev–Trinajstić information content (AvgIpc) is 2.35. The molecule has 1 atom stereocenters. The van der Waals surface area contributed by atoms with Crippen LogP contribution >= 0.6 is 0 Å². The van der Waals surface area contributed by atoms with Crippen molar-refractivity contribution in [3.8, 4) is 0 Å². The normalized spacial score (nSPS) is 24.2. The van der Waals surface area contributed by atoms with Crippen LogP contribution in [0.15, 0.2) is 0 Å². The fourth-order valence-corrected chi connectivity index (χ4v) is 2.75. The molecule has 0 aromatic heterocycles. The summed E-state index contributed by atoms with van der Waals surface area (Å²) in [6, 6.07) is 0. The number of carbonyl (C=O) groups is 1. The van der Waals surface area contributed by atoms with E-state index in [4.69, 9.17) is 0 Å². The van der Waals surface area contributed by atoms with Crippen molar-refractivity contribution in [3.05, 3.63) is 0 Å². The third kappa shape index (κ3) is 4.58. The zero-order valence-electron chi connectivity index (χ0n) is 12.2. The average molecular weight is 255 g/mol. The Labute approximate surface area is 111 Å². The van der Waals surface area contributed by atoms with Gasteiger partial charge in [0.15, 0.2) is 0 Å². The number of hydrogen-bond donors (Lipinski definition) is 2. The van der Waals surface area contributed by atoms with Crippen LogP contribution in [0, 0.1) is 5.41 Å². The van der Waals surface area contributed by atoms with E-state index >= 15 is 0 Å². The van der Waals surface area contributed by atoms with Crippen LogP contribution in [0.25, 0.3) is 0 Å². The zero-order chi connectivity index (χ0) is 13.4. The molecule has 1 aliphatic rings. The van der Waals surface area contributed by atoms with E-state index in [9.17, 15) is 4.79 Å². The van der Waals surface area contributed by atoms with Gasteiger partial charge in [-0.05, 0) is 52.9 Å². The largest absolute Gasteiger partial charge is 0.356 e. The van der Waals surface area contributed by atoms with Crippen molar-refractivity contribution in [1.82, 2.24) is 15.5 Å². The smallest absolute Gasteiger partial charge is 0.227 e. The Hall–Kier alpha value is -0.610. The maximum atomic E-state index is 12.4. The molecule has 0 aliphatic carbocycles. The minimum absolute atomic E-state index is 0.148. The van der Waals surface area contributed by atoms with Gasteiger partial charge in [0.05, 0.1) is 5.41 Å². The summed E-state index contributed by atoms with van der Waals surface area (Å²) in [5.74, 6) is 0.260. The number of piperidine rings is 1. The third-order valence-electron chi connectivity index (χ3n) is 3.75. The summed E-state index contributed by atoms with van der Waals surface area (Å²) in [6.45, 7) is 5.89. The predicted octanol–water partition coefficient (Wildman–Crippen LogP) is 1.22. The Kier molecular flexibility index (Phi) is 6.65. The number of hydrogen-bond acceptors (Lipinski definition) is 3. The minimum Gasteiger partial charge on any atom is -0.356 e. The SMILES string of the molecule is CCCC1(C(=O)NCCCN(C)C)CCCNC1. The lowest BCUT2D eigenvalue weighted by molar-refractivity contribution is -0.132. The minimum atomic E-state index is -0.148. The van der Waals surface area contributed by atoms with Crippen LogP contribution < -0.4 is 10.6 Å². The van der Waals surface area contributed by atoms with Gasteiger partial charge in [-0.15, -0.1) is 0 Å². The molecule has 0 aromatic rings. The molecule has 1 fully saturated rings. The molecular formula is C14H29N3O. The summed E-state index contributed by atoms with van der Waals surface area (Å²) < 4.78 is 0. The maximum Gasteiger partial charge on any atom is 0.227 e.